The first-order chi connectivity index (χ1) is 20.8. The van der Waals surface area contributed by atoms with Crippen LogP contribution in [0, 0.1) is 0 Å². The Morgan fingerprint density at radius 3 is 2.07 bits per heavy atom. The smallest absolute Gasteiger partial charge is 0.338 e. The molecular formula is C35H36N2O5S. The van der Waals surface area contributed by atoms with Gasteiger partial charge in [0.15, 0.2) is 5.03 Å². The number of carbonyl (C=O) groups is 1. The minimum absolute atomic E-state index is 0.0312. The third kappa shape index (κ3) is 7.32. The van der Waals surface area contributed by atoms with Crippen LogP contribution < -0.4 is 4.72 Å². The van der Waals surface area contributed by atoms with Gasteiger partial charge in [-0.05, 0) is 73.1 Å². The maximum Gasteiger partial charge on any atom is 0.338 e. The van der Waals surface area contributed by atoms with Gasteiger partial charge >= 0.3 is 5.97 Å². The number of hydrogen-bond acceptors (Lipinski definition) is 6. The first-order valence-corrected chi connectivity index (χ1v) is 16.0. The fourth-order valence-electron chi connectivity index (χ4n) is 5.73. The lowest BCUT2D eigenvalue weighted by Crippen LogP contribution is -2.42. The maximum absolute atomic E-state index is 13.8. The number of carbonyl (C=O) groups excluding carboxylic acids is 1. The molecule has 1 atom stereocenters. The molecule has 1 aliphatic rings. The molecule has 7 nitrogen and oxygen atoms in total. The highest BCUT2D eigenvalue weighted by atomic mass is 32.2. The molecule has 0 saturated heterocycles. The fourth-order valence-corrected chi connectivity index (χ4v) is 6.72. The van der Waals surface area contributed by atoms with Crippen LogP contribution in [-0.4, -0.2) is 30.1 Å². The van der Waals surface area contributed by atoms with Gasteiger partial charge in [0, 0.05) is 24.2 Å². The molecule has 0 saturated carbocycles. The van der Waals surface area contributed by atoms with Crippen LogP contribution in [-0.2, 0) is 32.4 Å². The minimum atomic E-state index is -3.90. The summed E-state index contributed by atoms with van der Waals surface area (Å²) in [6.45, 7) is 1.93. The number of cyclic esters (lactones) is 1. The van der Waals surface area contributed by atoms with Gasteiger partial charge in [-0.25, -0.2) is 9.78 Å². The zero-order valence-electron chi connectivity index (χ0n) is 24.1. The number of nitrogens with one attached hydrogen (secondary N) is 1. The summed E-state index contributed by atoms with van der Waals surface area (Å²) in [6.07, 6.45) is 4.72. The zero-order chi connectivity index (χ0) is 30.3. The number of nitrogens with zero attached hydrogens (tertiary/aromatic N) is 1. The van der Waals surface area contributed by atoms with Crippen LogP contribution >= 0.6 is 0 Å². The first kappa shape index (κ1) is 30.0. The Labute approximate surface area is 253 Å². The molecule has 8 heteroatoms. The van der Waals surface area contributed by atoms with Crippen molar-refractivity contribution < 1.29 is 23.1 Å². The third-order valence-corrected chi connectivity index (χ3v) is 9.26. The predicted molar refractivity (Wildman–Crippen MR) is 167 cm³/mol. The van der Waals surface area contributed by atoms with Gasteiger partial charge in [0.25, 0.3) is 10.0 Å². The number of aryl methyl sites for hydroxylation is 2. The van der Waals surface area contributed by atoms with E-state index in [-0.39, 0.29) is 22.8 Å². The predicted octanol–water partition coefficient (Wildman–Crippen LogP) is 7.14. The van der Waals surface area contributed by atoms with Gasteiger partial charge in [-0.15, -0.1) is 0 Å². The van der Waals surface area contributed by atoms with E-state index in [9.17, 15) is 18.3 Å². The molecule has 2 heterocycles. The Morgan fingerprint density at radius 1 is 0.884 bits per heavy atom. The molecule has 1 aromatic heterocycles. The molecule has 222 valence electrons. The van der Waals surface area contributed by atoms with E-state index in [0.29, 0.717) is 43.4 Å². The van der Waals surface area contributed by atoms with E-state index in [1.54, 1.807) is 30.3 Å². The molecule has 5 rings (SSSR count). The highest BCUT2D eigenvalue weighted by Crippen LogP contribution is 2.42. The van der Waals surface area contributed by atoms with Crippen molar-refractivity contribution in [1.29, 1.82) is 0 Å². The van der Waals surface area contributed by atoms with Gasteiger partial charge in [-0.1, -0.05) is 85.8 Å². The normalized spacial score (nSPS) is 15.5. The van der Waals surface area contributed by atoms with Crippen molar-refractivity contribution in [1.82, 2.24) is 4.98 Å². The number of sulfonamides is 1. The Bertz CT molecular complexity index is 1630. The van der Waals surface area contributed by atoms with E-state index in [1.807, 2.05) is 49.4 Å². The molecular weight excluding hydrogens is 560 g/mol. The Morgan fingerprint density at radius 2 is 1.51 bits per heavy atom. The Balaban J connectivity index is 1.41. The molecule has 0 bridgehead atoms. The van der Waals surface area contributed by atoms with E-state index in [0.717, 1.165) is 11.1 Å². The third-order valence-electron chi connectivity index (χ3n) is 7.96. The number of ether oxygens (including phenoxy) is 1. The second-order valence-electron chi connectivity index (χ2n) is 10.9. The summed E-state index contributed by atoms with van der Waals surface area (Å²) in [4.78, 5) is 17.7. The first-order valence-electron chi connectivity index (χ1n) is 14.6. The molecule has 0 fully saturated rings. The van der Waals surface area contributed by atoms with Crippen LogP contribution in [0.15, 0.2) is 126 Å². The molecule has 4 aromatic rings. The van der Waals surface area contributed by atoms with Crippen molar-refractivity contribution in [3.63, 3.8) is 0 Å². The van der Waals surface area contributed by atoms with Crippen LogP contribution in [0.1, 0.15) is 55.2 Å². The SMILES string of the molecule is CCC(C1=C(O)CC(CCc2ccccc2)(CCc2ccccc2)OC1=O)c1cccc(NS(=O)(=O)c2ccccn2)c1. The second-order valence-corrected chi connectivity index (χ2v) is 12.6. The molecule has 1 unspecified atom stereocenters. The fraction of sp³-hybridized carbons (Fsp3) is 0.257. The van der Waals surface area contributed by atoms with E-state index in [2.05, 4.69) is 34.0 Å². The molecule has 3 aromatic carbocycles. The van der Waals surface area contributed by atoms with E-state index in [4.69, 9.17) is 4.74 Å². The van der Waals surface area contributed by atoms with Crippen molar-refractivity contribution in [2.45, 2.75) is 62.0 Å². The lowest BCUT2D eigenvalue weighted by atomic mass is 9.79. The Kier molecular flexibility index (Phi) is 9.26. The monoisotopic (exact) mass is 596 g/mol. The molecule has 0 spiro atoms. The molecule has 0 aliphatic carbocycles. The van der Waals surface area contributed by atoms with Crippen molar-refractivity contribution in [2.75, 3.05) is 4.72 Å². The van der Waals surface area contributed by atoms with Crippen molar-refractivity contribution in [3.8, 4) is 0 Å². The number of anilines is 1. The van der Waals surface area contributed by atoms with Gasteiger partial charge in [0.1, 0.15) is 11.4 Å². The number of benzene rings is 3. The van der Waals surface area contributed by atoms with Crippen LogP contribution in [0.4, 0.5) is 5.69 Å². The highest BCUT2D eigenvalue weighted by Gasteiger charge is 2.43. The largest absolute Gasteiger partial charge is 0.512 e. The van der Waals surface area contributed by atoms with Crippen molar-refractivity contribution in [3.05, 3.63) is 137 Å². The van der Waals surface area contributed by atoms with Crippen molar-refractivity contribution >= 4 is 21.7 Å². The highest BCUT2D eigenvalue weighted by molar-refractivity contribution is 7.92. The number of aliphatic hydroxyl groups excluding tert-OH is 1. The van der Waals surface area contributed by atoms with Crippen molar-refractivity contribution in [2.24, 2.45) is 0 Å². The van der Waals surface area contributed by atoms with E-state index in [1.165, 1.54) is 12.3 Å². The molecule has 1 aliphatic heterocycles. The topological polar surface area (TPSA) is 106 Å². The number of esters is 1. The number of pyridine rings is 1. The van der Waals surface area contributed by atoms with Crippen LogP contribution in [0.5, 0.6) is 0 Å². The number of hydrogen-bond donors (Lipinski definition) is 2. The summed E-state index contributed by atoms with van der Waals surface area (Å²) in [5.41, 5.74) is 2.69. The second kappa shape index (κ2) is 13.3. The average molecular weight is 597 g/mol. The molecule has 2 N–H and O–H groups in total. The summed E-state index contributed by atoms with van der Waals surface area (Å²) in [5, 5.41) is 11.4. The number of aliphatic hydroxyl groups is 1. The summed E-state index contributed by atoms with van der Waals surface area (Å²) < 4.78 is 34.6. The minimum Gasteiger partial charge on any atom is -0.512 e. The molecule has 0 amide bonds. The van der Waals surface area contributed by atoms with Crippen LogP contribution in [0.25, 0.3) is 0 Å². The van der Waals surface area contributed by atoms with Gasteiger partial charge in [-0.3, -0.25) is 4.72 Å². The summed E-state index contributed by atoms with van der Waals surface area (Å²) >= 11 is 0. The Hall–Kier alpha value is -4.43. The molecule has 43 heavy (non-hydrogen) atoms. The number of aromatic nitrogens is 1. The lowest BCUT2D eigenvalue weighted by molar-refractivity contribution is -0.161. The number of rotatable bonds is 12. The van der Waals surface area contributed by atoms with E-state index < -0.39 is 27.5 Å². The van der Waals surface area contributed by atoms with Crippen LogP contribution in [0.2, 0.25) is 0 Å². The van der Waals surface area contributed by atoms with Gasteiger partial charge in [0.2, 0.25) is 0 Å². The quantitative estimate of drug-likeness (QED) is 0.168. The molecule has 0 radical (unpaired) electrons. The zero-order valence-corrected chi connectivity index (χ0v) is 25.0. The lowest BCUT2D eigenvalue weighted by Gasteiger charge is -2.39. The summed E-state index contributed by atoms with van der Waals surface area (Å²) in [5.74, 6) is -0.979. The van der Waals surface area contributed by atoms with E-state index >= 15 is 0 Å². The summed E-state index contributed by atoms with van der Waals surface area (Å²) in [6, 6.07) is 31.7. The maximum atomic E-state index is 13.8. The van der Waals surface area contributed by atoms with Gasteiger partial charge in [0.05, 0.1) is 5.57 Å². The standard InChI is InChI=1S/C35H36N2O5S/c1-2-30(28-16-11-17-29(24-28)37-43(40,41)32-18-9-10-23-36-32)33-31(38)25-35(42-34(33)39,21-19-26-12-5-3-6-13-26)22-20-27-14-7-4-8-15-27/h3-18,23-24,30,37-38H,2,19-22,25H2,1H3. The average Bonchev–Trinajstić information content (AvgIpc) is 3.02. The van der Waals surface area contributed by atoms with Gasteiger partial charge in [-0.2, -0.15) is 8.42 Å². The van der Waals surface area contributed by atoms with Gasteiger partial charge < -0.3 is 9.84 Å². The van der Waals surface area contributed by atoms with Crippen LogP contribution in [0.3, 0.4) is 0 Å². The summed E-state index contributed by atoms with van der Waals surface area (Å²) in [7, 11) is -3.90.